The summed E-state index contributed by atoms with van der Waals surface area (Å²) in [4.78, 5) is 30.1. The first kappa shape index (κ1) is 23.6. The molecule has 35 heavy (non-hydrogen) atoms. The Balaban J connectivity index is 1.25. The van der Waals surface area contributed by atoms with Crippen molar-refractivity contribution < 1.29 is 23.5 Å². The van der Waals surface area contributed by atoms with Gasteiger partial charge in [0, 0.05) is 31.2 Å². The van der Waals surface area contributed by atoms with Gasteiger partial charge in [0.1, 0.15) is 13.2 Å². The van der Waals surface area contributed by atoms with Crippen LogP contribution in [0.2, 0.25) is 0 Å². The Bertz CT molecular complexity index is 1060. The molecule has 0 aliphatic carbocycles. The van der Waals surface area contributed by atoms with E-state index in [-0.39, 0.29) is 29.5 Å². The van der Waals surface area contributed by atoms with E-state index >= 15 is 0 Å². The van der Waals surface area contributed by atoms with Crippen LogP contribution < -0.4 is 14.8 Å². The Morgan fingerprint density at radius 2 is 1.83 bits per heavy atom. The fourth-order valence-corrected chi connectivity index (χ4v) is 5.25. The van der Waals surface area contributed by atoms with Gasteiger partial charge >= 0.3 is 0 Å². The van der Waals surface area contributed by atoms with E-state index in [1.807, 2.05) is 24.3 Å². The lowest BCUT2D eigenvalue weighted by Gasteiger charge is -2.27. The van der Waals surface area contributed by atoms with Crippen LogP contribution in [0.5, 0.6) is 11.5 Å². The molecule has 8 heteroatoms. The third-order valence-corrected chi connectivity index (χ3v) is 7.03. The van der Waals surface area contributed by atoms with Gasteiger partial charge in [0.25, 0.3) is 5.91 Å². The number of benzene rings is 2. The van der Waals surface area contributed by atoms with E-state index in [0.29, 0.717) is 57.0 Å². The zero-order valence-electron chi connectivity index (χ0n) is 19.9. The van der Waals surface area contributed by atoms with Crippen LogP contribution in [0.3, 0.4) is 0 Å². The van der Waals surface area contributed by atoms with E-state index in [4.69, 9.17) is 9.47 Å². The lowest BCUT2D eigenvalue weighted by molar-refractivity contribution is -0.125. The minimum atomic E-state index is -0.436. The van der Waals surface area contributed by atoms with Crippen molar-refractivity contribution in [2.45, 2.75) is 31.7 Å². The van der Waals surface area contributed by atoms with Gasteiger partial charge in [-0.2, -0.15) is 0 Å². The average Bonchev–Trinajstić information content (AvgIpc) is 3.57. The van der Waals surface area contributed by atoms with Gasteiger partial charge in [0.05, 0.1) is 5.92 Å². The summed E-state index contributed by atoms with van der Waals surface area (Å²) < 4.78 is 25.6. The maximum Gasteiger partial charge on any atom is 0.253 e. The van der Waals surface area contributed by atoms with E-state index in [1.54, 1.807) is 17.0 Å². The quantitative estimate of drug-likeness (QED) is 0.659. The molecule has 0 aromatic heterocycles. The molecule has 7 nitrogen and oxygen atoms in total. The van der Waals surface area contributed by atoms with E-state index in [1.165, 1.54) is 6.07 Å². The largest absolute Gasteiger partial charge is 0.486 e. The van der Waals surface area contributed by atoms with Gasteiger partial charge in [0.2, 0.25) is 5.91 Å². The Kier molecular flexibility index (Phi) is 7.18. The van der Waals surface area contributed by atoms with Crippen LogP contribution in [0.4, 0.5) is 4.39 Å². The van der Waals surface area contributed by atoms with Crippen molar-refractivity contribution in [2.24, 2.45) is 5.92 Å². The Hall–Kier alpha value is -3.13. The van der Waals surface area contributed by atoms with Crippen LogP contribution in [-0.2, 0) is 11.2 Å². The Morgan fingerprint density at radius 1 is 1.06 bits per heavy atom. The molecule has 3 heterocycles. The van der Waals surface area contributed by atoms with E-state index in [0.717, 1.165) is 31.5 Å². The molecular formula is C27H32FN3O4. The molecule has 2 saturated heterocycles. The van der Waals surface area contributed by atoms with Crippen molar-refractivity contribution >= 4 is 11.8 Å². The highest BCUT2D eigenvalue weighted by Crippen LogP contribution is 2.34. The Labute approximate surface area is 205 Å². The molecule has 1 unspecified atom stereocenters. The fraction of sp³-hybridized carbons (Fsp3) is 0.481. The van der Waals surface area contributed by atoms with Crippen LogP contribution in [0.1, 0.15) is 35.2 Å². The highest BCUT2D eigenvalue weighted by molar-refractivity contribution is 5.95. The summed E-state index contributed by atoms with van der Waals surface area (Å²) in [5.74, 6) is -0.190. The van der Waals surface area contributed by atoms with Gasteiger partial charge in [0.15, 0.2) is 17.3 Å². The molecule has 2 fully saturated rings. The maximum absolute atomic E-state index is 14.6. The molecule has 2 aromatic rings. The zero-order valence-corrected chi connectivity index (χ0v) is 19.9. The lowest BCUT2D eigenvalue weighted by atomic mass is 10.0. The summed E-state index contributed by atoms with van der Waals surface area (Å²) in [6.45, 7) is 4.42. The number of halogens is 1. The third kappa shape index (κ3) is 5.59. The number of likely N-dealkylation sites (tertiary alicyclic amines) is 2. The third-order valence-electron chi connectivity index (χ3n) is 7.03. The minimum absolute atomic E-state index is 0.0405. The van der Waals surface area contributed by atoms with Crippen molar-refractivity contribution in [2.75, 3.05) is 45.9 Å². The Morgan fingerprint density at radius 3 is 2.63 bits per heavy atom. The van der Waals surface area contributed by atoms with Crippen LogP contribution in [0, 0.1) is 11.7 Å². The molecule has 186 valence electrons. The van der Waals surface area contributed by atoms with Gasteiger partial charge in [-0.25, -0.2) is 4.39 Å². The smallest absolute Gasteiger partial charge is 0.253 e. The predicted octanol–water partition coefficient (Wildman–Crippen LogP) is 2.88. The highest BCUT2D eigenvalue weighted by Gasteiger charge is 2.33. The first-order chi connectivity index (χ1) is 17.1. The normalized spacial score (nSPS) is 20.6. The zero-order chi connectivity index (χ0) is 24.2. The van der Waals surface area contributed by atoms with Crippen LogP contribution in [0.15, 0.2) is 42.5 Å². The molecule has 0 bridgehead atoms. The summed E-state index contributed by atoms with van der Waals surface area (Å²) in [6.07, 6.45) is 3.44. The number of carbonyl (C=O) groups excluding carboxylic acids is 2. The van der Waals surface area contributed by atoms with Gasteiger partial charge in [-0.1, -0.05) is 18.2 Å². The first-order valence-electron chi connectivity index (χ1n) is 12.5. The molecule has 0 saturated carbocycles. The van der Waals surface area contributed by atoms with Gasteiger partial charge < -0.3 is 24.6 Å². The standard InChI is InChI=1S/C27H32FN3O4/c28-23-15-19(16-24-25(23)35-13-12-34-24)14-22(18-30-9-4-5-10-30)29-26(32)21-8-11-31(17-21)27(33)20-6-2-1-3-7-20/h1-3,6-7,15-16,21-22H,4-5,8-14,17-18H2,(H,29,32)/t21-,22?/m1/s1. The molecule has 0 spiro atoms. The van der Waals surface area contributed by atoms with Crippen molar-refractivity contribution in [1.82, 2.24) is 15.1 Å². The van der Waals surface area contributed by atoms with Gasteiger partial charge in [-0.05, 0) is 68.6 Å². The predicted molar refractivity (Wildman–Crippen MR) is 129 cm³/mol. The summed E-state index contributed by atoms with van der Waals surface area (Å²) in [6, 6.07) is 12.3. The molecule has 2 atom stereocenters. The van der Waals surface area contributed by atoms with Crippen LogP contribution in [-0.4, -0.2) is 73.6 Å². The SMILES string of the molecule is O=C(NC(Cc1cc(F)c2c(c1)OCCO2)CN1CCCC1)[C@@H]1CCN(C(=O)c2ccccc2)C1. The molecule has 3 aliphatic rings. The number of hydrogen-bond donors (Lipinski definition) is 1. The second-order valence-corrected chi connectivity index (χ2v) is 9.62. The maximum atomic E-state index is 14.6. The summed E-state index contributed by atoms with van der Waals surface area (Å²) in [7, 11) is 0. The topological polar surface area (TPSA) is 71.1 Å². The molecule has 2 aromatic carbocycles. The second-order valence-electron chi connectivity index (χ2n) is 9.62. The van der Waals surface area contributed by atoms with E-state index in [2.05, 4.69) is 10.2 Å². The van der Waals surface area contributed by atoms with E-state index in [9.17, 15) is 14.0 Å². The number of nitrogens with one attached hydrogen (secondary N) is 1. The second kappa shape index (κ2) is 10.6. The number of carbonyl (C=O) groups is 2. The van der Waals surface area contributed by atoms with Crippen LogP contribution >= 0.6 is 0 Å². The molecule has 0 radical (unpaired) electrons. The summed E-state index contributed by atoms with van der Waals surface area (Å²) >= 11 is 0. The summed E-state index contributed by atoms with van der Waals surface area (Å²) in [5, 5.41) is 3.22. The number of rotatable bonds is 7. The highest BCUT2D eigenvalue weighted by atomic mass is 19.1. The fourth-order valence-electron chi connectivity index (χ4n) is 5.25. The van der Waals surface area contributed by atoms with Crippen molar-refractivity contribution in [3.8, 4) is 11.5 Å². The van der Waals surface area contributed by atoms with Crippen molar-refractivity contribution in [3.05, 3.63) is 59.4 Å². The molecule has 2 amide bonds. The molecule has 5 rings (SSSR count). The van der Waals surface area contributed by atoms with Crippen LogP contribution in [0.25, 0.3) is 0 Å². The molecular weight excluding hydrogens is 449 g/mol. The monoisotopic (exact) mass is 481 g/mol. The van der Waals surface area contributed by atoms with E-state index < -0.39 is 5.82 Å². The number of ether oxygens (including phenoxy) is 2. The molecule has 3 aliphatic heterocycles. The minimum Gasteiger partial charge on any atom is -0.486 e. The number of fused-ring (bicyclic) bond motifs is 1. The first-order valence-corrected chi connectivity index (χ1v) is 12.5. The van der Waals surface area contributed by atoms with Gasteiger partial charge in [-0.15, -0.1) is 0 Å². The average molecular weight is 482 g/mol. The molecule has 1 N–H and O–H groups in total. The van der Waals surface area contributed by atoms with Gasteiger partial charge in [-0.3, -0.25) is 9.59 Å². The summed E-state index contributed by atoms with van der Waals surface area (Å²) in [5.41, 5.74) is 1.41. The number of amides is 2. The van der Waals surface area contributed by atoms with Crippen molar-refractivity contribution in [3.63, 3.8) is 0 Å². The van der Waals surface area contributed by atoms with Crippen molar-refractivity contribution in [1.29, 1.82) is 0 Å². The number of hydrogen-bond acceptors (Lipinski definition) is 5. The number of nitrogens with zero attached hydrogens (tertiary/aromatic N) is 2. The lowest BCUT2D eigenvalue weighted by Crippen LogP contribution is -2.47.